The summed E-state index contributed by atoms with van der Waals surface area (Å²) in [7, 11) is 0. The molecule has 136 valence electrons. The molecule has 6 heteroatoms. The Hall–Kier alpha value is -2.08. The van der Waals surface area contributed by atoms with Crippen LogP contribution < -0.4 is 5.32 Å². The highest BCUT2D eigenvalue weighted by atomic mass is 16.4. The Morgan fingerprint density at radius 2 is 2.08 bits per heavy atom. The molecule has 0 bridgehead atoms. The van der Waals surface area contributed by atoms with Gasteiger partial charge in [0.2, 0.25) is 5.89 Å². The predicted molar refractivity (Wildman–Crippen MR) is 94.4 cm³/mol. The molecular formula is C19H27N3O3. The molecule has 2 aromatic heterocycles. The number of carbonyl (C=O) groups is 1. The van der Waals surface area contributed by atoms with Crippen LogP contribution in [0.2, 0.25) is 0 Å². The van der Waals surface area contributed by atoms with Crippen molar-refractivity contribution in [3.63, 3.8) is 0 Å². The van der Waals surface area contributed by atoms with Crippen molar-refractivity contribution in [1.82, 2.24) is 15.2 Å². The zero-order valence-corrected chi connectivity index (χ0v) is 15.4. The summed E-state index contributed by atoms with van der Waals surface area (Å²) in [5, 5.41) is 3.08. The van der Waals surface area contributed by atoms with Crippen LogP contribution in [-0.2, 0) is 5.41 Å². The van der Waals surface area contributed by atoms with Crippen molar-refractivity contribution in [2.45, 2.75) is 58.0 Å². The molecule has 0 spiro atoms. The van der Waals surface area contributed by atoms with Crippen LogP contribution in [0.3, 0.4) is 0 Å². The van der Waals surface area contributed by atoms with Crippen molar-refractivity contribution in [1.29, 1.82) is 0 Å². The molecule has 1 aliphatic heterocycles. The van der Waals surface area contributed by atoms with Gasteiger partial charge in [-0.1, -0.05) is 20.8 Å². The second-order valence-electron chi connectivity index (χ2n) is 7.78. The van der Waals surface area contributed by atoms with Crippen LogP contribution in [0, 0.1) is 0 Å². The molecule has 0 unspecified atom stereocenters. The van der Waals surface area contributed by atoms with Crippen LogP contribution in [0.1, 0.15) is 68.6 Å². The summed E-state index contributed by atoms with van der Waals surface area (Å²) in [4.78, 5) is 18.9. The van der Waals surface area contributed by atoms with Crippen LogP contribution >= 0.6 is 0 Å². The van der Waals surface area contributed by atoms with Gasteiger partial charge in [0.15, 0.2) is 0 Å². The SMILES string of the molecule is C[C@H](c1ncc(C(C)(C)C)o1)N1CCC(NC(=O)c2ccoc2)CC1. The van der Waals surface area contributed by atoms with E-state index < -0.39 is 0 Å². The summed E-state index contributed by atoms with van der Waals surface area (Å²) in [6.07, 6.45) is 6.66. The van der Waals surface area contributed by atoms with E-state index in [-0.39, 0.29) is 23.4 Å². The Bertz CT molecular complexity index is 692. The lowest BCUT2D eigenvalue weighted by Gasteiger charge is -2.35. The van der Waals surface area contributed by atoms with Gasteiger partial charge >= 0.3 is 0 Å². The number of amides is 1. The highest BCUT2D eigenvalue weighted by Crippen LogP contribution is 2.28. The van der Waals surface area contributed by atoms with E-state index >= 15 is 0 Å². The van der Waals surface area contributed by atoms with Gasteiger partial charge in [-0.25, -0.2) is 4.98 Å². The Morgan fingerprint density at radius 3 is 2.64 bits per heavy atom. The molecular weight excluding hydrogens is 318 g/mol. The Balaban J connectivity index is 1.53. The smallest absolute Gasteiger partial charge is 0.254 e. The Labute approximate surface area is 148 Å². The molecule has 0 radical (unpaired) electrons. The number of piperidine rings is 1. The number of aromatic nitrogens is 1. The van der Waals surface area contributed by atoms with Crippen molar-refractivity contribution in [2.75, 3.05) is 13.1 Å². The van der Waals surface area contributed by atoms with E-state index in [2.05, 4.69) is 42.9 Å². The molecule has 25 heavy (non-hydrogen) atoms. The minimum atomic E-state index is -0.0669. The first-order chi connectivity index (χ1) is 11.8. The quantitative estimate of drug-likeness (QED) is 0.918. The number of oxazole rings is 1. The Kier molecular flexibility index (Phi) is 4.99. The number of rotatable bonds is 4. The molecule has 3 rings (SSSR count). The number of nitrogens with zero attached hydrogens (tertiary/aromatic N) is 2. The molecule has 1 aliphatic rings. The van der Waals surface area contributed by atoms with Crippen LogP contribution in [0.4, 0.5) is 0 Å². The third-order valence-electron chi connectivity index (χ3n) is 4.82. The molecule has 1 saturated heterocycles. The Morgan fingerprint density at radius 1 is 1.36 bits per heavy atom. The number of likely N-dealkylation sites (tertiary alicyclic amines) is 1. The van der Waals surface area contributed by atoms with E-state index in [4.69, 9.17) is 8.83 Å². The highest BCUT2D eigenvalue weighted by molar-refractivity contribution is 5.93. The second-order valence-corrected chi connectivity index (χ2v) is 7.78. The summed E-state index contributed by atoms with van der Waals surface area (Å²) in [6.45, 7) is 10.3. The lowest BCUT2D eigenvalue weighted by atomic mass is 9.94. The van der Waals surface area contributed by atoms with E-state index in [1.165, 1.54) is 12.5 Å². The highest BCUT2D eigenvalue weighted by Gasteiger charge is 2.28. The van der Waals surface area contributed by atoms with Crippen LogP contribution in [-0.4, -0.2) is 34.9 Å². The molecule has 1 N–H and O–H groups in total. The molecule has 0 saturated carbocycles. The minimum Gasteiger partial charge on any atom is -0.472 e. The maximum absolute atomic E-state index is 12.1. The van der Waals surface area contributed by atoms with Crippen molar-refractivity contribution in [3.8, 4) is 0 Å². The normalized spacial score (nSPS) is 18.2. The summed E-state index contributed by atoms with van der Waals surface area (Å²) in [5.74, 6) is 1.62. The van der Waals surface area contributed by atoms with Crippen molar-refractivity contribution in [3.05, 3.63) is 42.0 Å². The minimum absolute atomic E-state index is 0.0324. The van der Waals surface area contributed by atoms with Gasteiger partial charge in [-0.15, -0.1) is 0 Å². The second kappa shape index (κ2) is 7.04. The lowest BCUT2D eigenvalue weighted by molar-refractivity contribution is 0.0883. The largest absolute Gasteiger partial charge is 0.472 e. The van der Waals surface area contributed by atoms with Gasteiger partial charge in [-0.05, 0) is 25.8 Å². The number of carbonyl (C=O) groups excluding carboxylic acids is 1. The maximum Gasteiger partial charge on any atom is 0.254 e. The van der Waals surface area contributed by atoms with Gasteiger partial charge in [0, 0.05) is 24.5 Å². The standard InChI is InChI=1S/C19H27N3O3/c1-13(18-20-11-16(25-18)19(2,3)4)22-8-5-15(6-9-22)21-17(23)14-7-10-24-12-14/h7,10-13,15H,5-6,8-9H2,1-4H3,(H,21,23)/t13-/m1/s1. The van der Waals surface area contributed by atoms with Crippen LogP contribution in [0.5, 0.6) is 0 Å². The first-order valence-electron chi connectivity index (χ1n) is 8.88. The molecule has 0 aromatic carbocycles. The summed E-state index contributed by atoms with van der Waals surface area (Å²) in [6, 6.07) is 2.02. The fourth-order valence-electron chi connectivity index (χ4n) is 3.08. The molecule has 1 atom stereocenters. The van der Waals surface area contributed by atoms with E-state index in [1.807, 2.05) is 6.20 Å². The third-order valence-corrected chi connectivity index (χ3v) is 4.82. The van der Waals surface area contributed by atoms with Gasteiger partial charge in [-0.2, -0.15) is 0 Å². The summed E-state index contributed by atoms with van der Waals surface area (Å²) < 4.78 is 10.9. The first kappa shape index (κ1) is 17.7. The van der Waals surface area contributed by atoms with Gasteiger partial charge in [-0.3, -0.25) is 9.69 Å². The van der Waals surface area contributed by atoms with Gasteiger partial charge < -0.3 is 14.2 Å². The first-order valence-corrected chi connectivity index (χ1v) is 8.88. The monoisotopic (exact) mass is 345 g/mol. The molecule has 0 aliphatic carbocycles. The summed E-state index contributed by atoms with van der Waals surface area (Å²) >= 11 is 0. The molecule has 3 heterocycles. The molecule has 1 amide bonds. The number of hydrogen-bond acceptors (Lipinski definition) is 5. The molecule has 6 nitrogen and oxygen atoms in total. The number of nitrogens with one attached hydrogen (secondary N) is 1. The fraction of sp³-hybridized carbons (Fsp3) is 0.579. The van der Waals surface area contributed by atoms with Gasteiger partial charge in [0.25, 0.3) is 5.91 Å². The van der Waals surface area contributed by atoms with Gasteiger partial charge in [0.05, 0.1) is 24.1 Å². The van der Waals surface area contributed by atoms with Crippen molar-refractivity contribution < 1.29 is 13.6 Å². The van der Waals surface area contributed by atoms with Crippen LogP contribution in [0.25, 0.3) is 0 Å². The topological polar surface area (TPSA) is 71.5 Å². The summed E-state index contributed by atoms with van der Waals surface area (Å²) in [5.41, 5.74) is 0.542. The zero-order valence-electron chi connectivity index (χ0n) is 15.4. The van der Waals surface area contributed by atoms with E-state index in [9.17, 15) is 4.79 Å². The van der Waals surface area contributed by atoms with E-state index in [0.29, 0.717) is 5.56 Å². The number of furan rings is 1. The van der Waals surface area contributed by atoms with Crippen LogP contribution in [0.15, 0.2) is 33.6 Å². The van der Waals surface area contributed by atoms with E-state index in [0.717, 1.165) is 37.6 Å². The molecule has 1 fully saturated rings. The maximum atomic E-state index is 12.1. The van der Waals surface area contributed by atoms with Crippen molar-refractivity contribution in [2.24, 2.45) is 0 Å². The van der Waals surface area contributed by atoms with E-state index in [1.54, 1.807) is 6.07 Å². The fourth-order valence-corrected chi connectivity index (χ4v) is 3.08. The third kappa shape index (κ3) is 4.12. The lowest BCUT2D eigenvalue weighted by Crippen LogP contribution is -2.45. The average molecular weight is 345 g/mol. The number of hydrogen-bond donors (Lipinski definition) is 1. The predicted octanol–water partition coefficient (Wildman–Crippen LogP) is 3.52. The zero-order chi connectivity index (χ0) is 18.0. The average Bonchev–Trinajstić information content (AvgIpc) is 3.26. The van der Waals surface area contributed by atoms with Gasteiger partial charge in [0.1, 0.15) is 12.0 Å². The molecule has 2 aromatic rings. The van der Waals surface area contributed by atoms with Crippen molar-refractivity contribution >= 4 is 5.91 Å².